The predicted octanol–water partition coefficient (Wildman–Crippen LogP) is -1.21. The fourth-order valence-corrected chi connectivity index (χ4v) is 2.48. The lowest BCUT2D eigenvalue weighted by Gasteiger charge is -2.33. The highest BCUT2D eigenvalue weighted by molar-refractivity contribution is 5.07. The molecule has 5 nitrogen and oxygen atoms in total. The molecule has 0 bridgehead atoms. The van der Waals surface area contributed by atoms with Crippen molar-refractivity contribution in [1.82, 2.24) is 4.90 Å². The molecule has 0 aromatic carbocycles. The molecule has 0 saturated carbocycles. The van der Waals surface area contributed by atoms with E-state index in [4.69, 9.17) is 6.57 Å². The van der Waals surface area contributed by atoms with Crippen LogP contribution in [-0.2, 0) is 0 Å². The van der Waals surface area contributed by atoms with Crippen molar-refractivity contribution in [3.8, 4) is 0 Å². The Labute approximate surface area is 82.4 Å². The number of piperidine rings is 1. The minimum absolute atomic E-state index is 0.460. The summed E-state index contributed by atoms with van der Waals surface area (Å²) < 4.78 is 0. The molecule has 14 heavy (non-hydrogen) atoms. The summed E-state index contributed by atoms with van der Waals surface area (Å²) in [4.78, 5) is 5.01. The summed E-state index contributed by atoms with van der Waals surface area (Å²) in [6.07, 6.45) is -1.92. The molecule has 2 saturated heterocycles. The zero-order valence-corrected chi connectivity index (χ0v) is 7.74. The van der Waals surface area contributed by atoms with Crippen LogP contribution in [0.25, 0.3) is 4.85 Å². The zero-order valence-electron chi connectivity index (χ0n) is 7.74. The maximum atomic E-state index is 9.67. The number of aliphatic hydroxyl groups excluding tert-OH is 3. The fourth-order valence-electron chi connectivity index (χ4n) is 2.48. The molecular formula is C9H14N2O3. The van der Waals surface area contributed by atoms with Gasteiger partial charge < -0.3 is 15.3 Å². The van der Waals surface area contributed by atoms with E-state index < -0.39 is 30.5 Å². The van der Waals surface area contributed by atoms with Crippen LogP contribution >= 0.6 is 0 Å². The molecule has 2 aliphatic heterocycles. The molecule has 0 amide bonds. The molecular weight excluding hydrogens is 184 g/mol. The van der Waals surface area contributed by atoms with Crippen LogP contribution in [0.15, 0.2) is 0 Å². The summed E-state index contributed by atoms with van der Waals surface area (Å²) in [6.45, 7) is 7.61. The molecule has 2 unspecified atom stereocenters. The average Bonchev–Trinajstić information content (AvgIpc) is 2.41. The quantitative estimate of drug-likeness (QED) is 0.427. The summed E-state index contributed by atoms with van der Waals surface area (Å²) in [5.74, 6) is 0. The first-order valence-electron chi connectivity index (χ1n) is 4.83. The van der Waals surface area contributed by atoms with E-state index in [2.05, 4.69) is 4.85 Å². The van der Waals surface area contributed by atoms with Gasteiger partial charge in [0.2, 0.25) is 0 Å². The standard InChI is InChI=1S/C9H14N2O3/c1-10-9-8(14)7(13)6-5(12)3-2-4-11(6)9/h5-9,12-14H,2-4H2/t5-,6+,7-,8?,9?/m0/s1. The van der Waals surface area contributed by atoms with Gasteiger partial charge in [-0.15, -0.1) is 0 Å². The molecule has 2 rings (SSSR count). The van der Waals surface area contributed by atoms with E-state index >= 15 is 0 Å². The predicted molar refractivity (Wildman–Crippen MR) is 48.1 cm³/mol. The van der Waals surface area contributed by atoms with Gasteiger partial charge in [0.1, 0.15) is 6.10 Å². The van der Waals surface area contributed by atoms with E-state index in [9.17, 15) is 15.3 Å². The lowest BCUT2D eigenvalue weighted by Crippen LogP contribution is -2.50. The van der Waals surface area contributed by atoms with Crippen molar-refractivity contribution in [2.45, 2.75) is 43.4 Å². The van der Waals surface area contributed by atoms with E-state index in [0.29, 0.717) is 13.0 Å². The molecule has 2 aliphatic rings. The summed E-state index contributed by atoms with van der Waals surface area (Å²) in [5.41, 5.74) is 0. The van der Waals surface area contributed by atoms with Crippen LogP contribution in [0.2, 0.25) is 0 Å². The van der Waals surface area contributed by atoms with Crippen LogP contribution in [0.3, 0.4) is 0 Å². The second-order valence-corrected chi connectivity index (χ2v) is 3.96. The van der Waals surface area contributed by atoms with Crippen molar-refractivity contribution in [3.63, 3.8) is 0 Å². The van der Waals surface area contributed by atoms with Gasteiger partial charge in [-0.05, 0) is 12.8 Å². The molecule has 78 valence electrons. The molecule has 0 radical (unpaired) electrons. The lowest BCUT2D eigenvalue weighted by atomic mass is 9.97. The van der Waals surface area contributed by atoms with Crippen molar-refractivity contribution < 1.29 is 15.3 Å². The number of hydrogen-bond acceptors (Lipinski definition) is 4. The Kier molecular flexibility index (Phi) is 2.45. The number of nitrogens with zero attached hydrogens (tertiary/aromatic N) is 2. The molecule has 0 aliphatic carbocycles. The largest absolute Gasteiger partial charge is 0.391 e. The third kappa shape index (κ3) is 1.23. The Balaban J connectivity index is 2.25. The van der Waals surface area contributed by atoms with E-state index in [-0.39, 0.29) is 0 Å². The molecule has 5 heteroatoms. The lowest BCUT2D eigenvalue weighted by molar-refractivity contribution is -0.0287. The number of rotatable bonds is 0. The van der Waals surface area contributed by atoms with Gasteiger partial charge in [-0.3, -0.25) is 4.85 Å². The fraction of sp³-hybridized carbons (Fsp3) is 0.889. The van der Waals surface area contributed by atoms with Crippen molar-refractivity contribution >= 4 is 0 Å². The number of fused-ring (bicyclic) bond motifs is 1. The first kappa shape index (κ1) is 9.87. The van der Waals surface area contributed by atoms with Crippen molar-refractivity contribution in [2.75, 3.05) is 6.54 Å². The topological polar surface area (TPSA) is 68.3 Å². The van der Waals surface area contributed by atoms with Gasteiger partial charge in [0.05, 0.1) is 12.1 Å². The highest BCUT2D eigenvalue weighted by Gasteiger charge is 2.55. The third-order valence-electron chi connectivity index (χ3n) is 3.17. The second-order valence-electron chi connectivity index (χ2n) is 3.96. The molecule has 0 aromatic rings. The summed E-state index contributed by atoms with van der Waals surface area (Å²) in [6, 6.07) is -0.460. The van der Waals surface area contributed by atoms with Gasteiger partial charge in [0.25, 0.3) is 0 Å². The zero-order chi connectivity index (χ0) is 10.3. The van der Waals surface area contributed by atoms with E-state index in [0.717, 1.165) is 6.42 Å². The Morgan fingerprint density at radius 2 is 1.93 bits per heavy atom. The summed E-state index contributed by atoms with van der Waals surface area (Å²) >= 11 is 0. The van der Waals surface area contributed by atoms with Crippen LogP contribution in [0.5, 0.6) is 0 Å². The molecule has 2 fully saturated rings. The molecule has 0 aromatic heterocycles. The van der Waals surface area contributed by atoms with Crippen molar-refractivity contribution in [2.24, 2.45) is 0 Å². The molecule has 2 heterocycles. The Bertz CT molecular complexity index is 265. The van der Waals surface area contributed by atoms with Gasteiger partial charge in [0.15, 0.2) is 6.10 Å². The van der Waals surface area contributed by atoms with Crippen LogP contribution in [0.4, 0.5) is 0 Å². The van der Waals surface area contributed by atoms with Crippen LogP contribution in [-0.4, -0.2) is 57.3 Å². The van der Waals surface area contributed by atoms with Crippen molar-refractivity contribution in [1.29, 1.82) is 0 Å². The van der Waals surface area contributed by atoms with Crippen LogP contribution in [0.1, 0.15) is 12.8 Å². The van der Waals surface area contributed by atoms with E-state index in [1.54, 1.807) is 4.90 Å². The third-order valence-corrected chi connectivity index (χ3v) is 3.17. The minimum Gasteiger partial charge on any atom is -0.391 e. The van der Waals surface area contributed by atoms with Gasteiger partial charge in [-0.25, -0.2) is 11.5 Å². The average molecular weight is 198 g/mol. The highest BCUT2D eigenvalue weighted by Crippen LogP contribution is 2.32. The monoisotopic (exact) mass is 198 g/mol. The van der Waals surface area contributed by atoms with Crippen LogP contribution < -0.4 is 0 Å². The Morgan fingerprint density at radius 3 is 2.57 bits per heavy atom. The molecule has 5 atom stereocenters. The number of aliphatic hydroxyl groups is 3. The molecule has 0 spiro atoms. The Hall–Kier alpha value is -0.670. The minimum atomic E-state index is -1.05. The van der Waals surface area contributed by atoms with Gasteiger partial charge in [0, 0.05) is 6.54 Å². The van der Waals surface area contributed by atoms with Gasteiger partial charge in [-0.1, -0.05) is 0 Å². The Morgan fingerprint density at radius 1 is 1.21 bits per heavy atom. The SMILES string of the molecule is [C-]#[N+]C1C(O)[C@@H](O)[C@H]2[C@@H](O)CCCN12. The maximum Gasteiger partial charge on any atom is 0.308 e. The van der Waals surface area contributed by atoms with E-state index in [1.165, 1.54) is 0 Å². The maximum absolute atomic E-state index is 9.67. The normalized spacial score (nSPS) is 48.6. The first-order valence-corrected chi connectivity index (χ1v) is 4.83. The summed E-state index contributed by atoms with van der Waals surface area (Å²) in [7, 11) is 0. The molecule has 3 N–H and O–H groups in total. The van der Waals surface area contributed by atoms with E-state index in [1.807, 2.05) is 0 Å². The van der Waals surface area contributed by atoms with Gasteiger partial charge in [-0.2, -0.15) is 0 Å². The smallest absolute Gasteiger partial charge is 0.308 e. The highest BCUT2D eigenvalue weighted by atomic mass is 16.3. The number of hydrogen-bond donors (Lipinski definition) is 3. The summed E-state index contributed by atoms with van der Waals surface area (Å²) in [5, 5.41) is 28.9. The first-order chi connectivity index (χ1) is 6.66. The second kappa shape index (κ2) is 3.48. The van der Waals surface area contributed by atoms with Crippen molar-refractivity contribution in [3.05, 3.63) is 11.4 Å². The van der Waals surface area contributed by atoms with Gasteiger partial charge >= 0.3 is 6.17 Å². The van der Waals surface area contributed by atoms with Crippen LogP contribution in [0, 0.1) is 6.57 Å².